The van der Waals surface area contributed by atoms with Gasteiger partial charge in [-0.15, -0.1) is 0 Å². The summed E-state index contributed by atoms with van der Waals surface area (Å²) in [5.74, 6) is 0.176. The molecule has 1 aliphatic rings. The zero-order valence-electron chi connectivity index (χ0n) is 4.34. The van der Waals surface area contributed by atoms with E-state index in [0.717, 1.165) is 0 Å². The van der Waals surface area contributed by atoms with Crippen LogP contribution in [0.2, 0.25) is 0 Å². The zero-order chi connectivity index (χ0) is 6.85. The van der Waals surface area contributed by atoms with Crippen LogP contribution in [0.3, 0.4) is 0 Å². The van der Waals surface area contributed by atoms with E-state index in [1.807, 2.05) is 0 Å². The Morgan fingerprint density at radius 3 is 2.78 bits per heavy atom. The van der Waals surface area contributed by atoms with Gasteiger partial charge in [-0.2, -0.15) is 10.3 Å². The van der Waals surface area contributed by atoms with E-state index in [1.54, 1.807) is 0 Å². The van der Waals surface area contributed by atoms with Crippen LogP contribution >= 0.6 is 15.9 Å². The first kappa shape index (κ1) is 6.28. The van der Waals surface area contributed by atoms with E-state index < -0.39 is 6.03 Å². The van der Waals surface area contributed by atoms with Crippen molar-refractivity contribution in [2.45, 2.75) is 0 Å². The fraction of sp³-hybridized carbons (Fsp3) is 0. The smallest absolute Gasteiger partial charge is 0.369 e. The van der Waals surface area contributed by atoms with Crippen LogP contribution in [-0.4, -0.2) is 11.9 Å². The number of urea groups is 1. The molecule has 0 spiro atoms. The largest absolute Gasteiger partial charge is 0.383 e. The van der Waals surface area contributed by atoms with Crippen LogP contribution in [0.15, 0.2) is 15.7 Å². The number of halogens is 1. The average Bonchev–Trinajstić information content (AvgIpc) is 1.80. The van der Waals surface area contributed by atoms with Gasteiger partial charge in [0.1, 0.15) is 5.84 Å². The molecule has 0 aromatic rings. The van der Waals surface area contributed by atoms with Gasteiger partial charge in [0.05, 0.1) is 10.7 Å². The van der Waals surface area contributed by atoms with Gasteiger partial charge in [0, 0.05) is 0 Å². The predicted octanol–water partition coefficient (Wildman–Crippen LogP) is 0.318. The lowest BCUT2D eigenvalue weighted by atomic mass is 10.5. The summed E-state index contributed by atoms with van der Waals surface area (Å²) in [6, 6.07) is -0.560. The van der Waals surface area contributed by atoms with Gasteiger partial charge in [0.25, 0.3) is 0 Å². The molecule has 0 saturated carbocycles. The number of rotatable bonds is 0. The number of carbonyl (C=O) groups is 1. The van der Waals surface area contributed by atoms with E-state index in [0.29, 0.717) is 4.48 Å². The van der Waals surface area contributed by atoms with Crippen molar-refractivity contribution in [1.29, 1.82) is 0 Å². The van der Waals surface area contributed by atoms with Gasteiger partial charge in [-0.25, -0.2) is 4.79 Å². The number of hydrogen-bond acceptors (Lipinski definition) is 2. The minimum absolute atomic E-state index is 0.176. The van der Waals surface area contributed by atoms with Gasteiger partial charge < -0.3 is 5.73 Å². The first-order valence-electron chi connectivity index (χ1n) is 2.15. The fourth-order valence-corrected chi connectivity index (χ4v) is 0.554. The van der Waals surface area contributed by atoms with Crippen molar-refractivity contribution in [3.63, 3.8) is 0 Å². The number of hydrogen-bond donors (Lipinski definition) is 1. The van der Waals surface area contributed by atoms with E-state index >= 15 is 0 Å². The zero-order valence-corrected chi connectivity index (χ0v) is 5.92. The Morgan fingerprint density at radius 1 is 1.67 bits per heavy atom. The molecular weight excluding hydrogens is 186 g/mol. The Bertz CT molecular complexity index is 208. The monoisotopic (exact) mass is 188 g/mol. The Labute approximate surface area is 60.0 Å². The average molecular weight is 189 g/mol. The second-order valence-electron chi connectivity index (χ2n) is 1.39. The van der Waals surface area contributed by atoms with E-state index in [4.69, 9.17) is 5.73 Å². The molecule has 2 amide bonds. The summed E-state index contributed by atoms with van der Waals surface area (Å²) in [5.41, 5.74) is 5.22. The van der Waals surface area contributed by atoms with E-state index in [-0.39, 0.29) is 5.84 Å². The maximum atomic E-state index is 10.3. The normalized spacial score (nSPS) is 18.1. The summed E-state index contributed by atoms with van der Waals surface area (Å²) < 4.78 is 0.544. The Kier molecular flexibility index (Phi) is 1.52. The lowest BCUT2D eigenvalue weighted by Crippen LogP contribution is -2.22. The summed E-state index contributed by atoms with van der Waals surface area (Å²) >= 11 is 3.04. The quantitative estimate of drug-likeness (QED) is 0.595. The van der Waals surface area contributed by atoms with Crippen LogP contribution in [0.25, 0.3) is 0 Å². The second kappa shape index (κ2) is 2.18. The number of nitrogens with two attached hydrogens (primary N) is 1. The predicted molar refractivity (Wildman–Crippen MR) is 36.2 cm³/mol. The second-order valence-corrected chi connectivity index (χ2v) is 2.24. The standard InChI is InChI=1S/C4H3BrN3O/c5-2-1-7-4(9)8-3(2)6/h1H,(H2,6,8,9). The summed E-state index contributed by atoms with van der Waals surface area (Å²) in [7, 11) is 0. The van der Waals surface area contributed by atoms with Crippen LogP contribution in [0, 0.1) is 0 Å². The van der Waals surface area contributed by atoms with Gasteiger partial charge in [-0.1, -0.05) is 0 Å². The lowest BCUT2D eigenvalue weighted by Gasteiger charge is -2.01. The first-order chi connectivity index (χ1) is 4.20. The molecule has 1 rings (SSSR count). The number of amidine groups is 1. The molecule has 47 valence electrons. The molecule has 1 heterocycles. The highest BCUT2D eigenvalue weighted by Crippen LogP contribution is 2.06. The Balaban J connectivity index is 2.87. The van der Waals surface area contributed by atoms with Gasteiger partial charge in [-0.3, -0.25) is 0 Å². The number of aliphatic imine (C=N–C) groups is 1. The van der Waals surface area contributed by atoms with Gasteiger partial charge >= 0.3 is 6.03 Å². The van der Waals surface area contributed by atoms with Crippen molar-refractivity contribution < 1.29 is 4.79 Å². The van der Waals surface area contributed by atoms with Crippen molar-refractivity contribution in [2.24, 2.45) is 10.7 Å². The highest BCUT2D eigenvalue weighted by molar-refractivity contribution is 9.12. The SMILES string of the molecule is NC1=NC(=O)[N]C=C1Br. The van der Waals surface area contributed by atoms with Crippen molar-refractivity contribution in [1.82, 2.24) is 5.32 Å². The molecule has 4 nitrogen and oxygen atoms in total. The molecule has 0 saturated heterocycles. The van der Waals surface area contributed by atoms with E-state index in [9.17, 15) is 4.79 Å². The van der Waals surface area contributed by atoms with E-state index in [1.165, 1.54) is 6.20 Å². The van der Waals surface area contributed by atoms with Crippen LogP contribution in [0.5, 0.6) is 0 Å². The molecule has 1 aliphatic heterocycles. The van der Waals surface area contributed by atoms with Crippen LogP contribution in [-0.2, 0) is 0 Å². The minimum Gasteiger partial charge on any atom is -0.383 e. The van der Waals surface area contributed by atoms with Gasteiger partial charge in [0.2, 0.25) is 0 Å². The number of amides is 2. The van der Waals surface area contributed by atoms with Gasteiger partial charge in [0.15, 0.2) is 0 Å². The van der Waals surface area contributed by atoms with E-state index in [2.05, 4.69) is 26.2 Å². The van der Waals surface area contributed by atoms with Crippen LogP contribution in [0.1, 0.15) is 0 Å². The fourth-order valence-electron chi connectivity index (χ4n) is 0.363. The Hall–Kier alpha value is -0.840. The molecule has 0 fully saturated rings. The molecule has 0 aromatic heterocycles. The number of carbonyl (C=O) groups excluding carboxylic acids is 1. The Morgan fingerprint density at radius 2 is 2.33 bits per heavy atom. The molecule has 0 unspecified atom stereocenters. The van der Waals surface area contributed by atoms with Gasteiger partial charge in [-0.05, 0) is 15.9 Å². The maximum absolute atomic E-state index is 10.3. The summed E-state index contributed by atoms with van der Waals surface area (Å²) in [5, 5.41) is 3.35. The first-order valence-corrected chi connectivity index (χ1v) is 2.94. The van der Waals surface area contributed by atoms with Crippen molar-refractivity contribution in [3.8, 4) is 0 Å². The number of nitrogens with zero attached hydrogens (tertiary/aromatic N) is 2. The van der Waals surface area contributed by atoms with Crippen molar-refractivity contribution in [2.75, 3.05) is 0 Å². The molecule has 1 radical (unpaired) electrons. The summed E-state index contributed by atoms with van der Waals surface area (Å²) in [6.45, 7) is 0. The molecule has 0 aromatic carbocycles. The topological polar surface area (TPSA) is 69.5 Å². The van der Waals surface area contributed by atoms with Crippen molar-refractivity contribution >= 4 is 27.8 Å². The third-order valence-corrected chi connectivity index (χ3v) is 1.36. The third-order valence-electron chi connectivity index (χ3n) is 0.749. The van der Waals surface area contributed by atoms with Crippen LogP contribution in [0.4, 0.5) is 4.79 Å². The highest BCUT2D eigenvalue weighted by atomic mass is 79.9. The van der Waals surface area contributed by atoms with Crippen molar-refractivity contribution in [3.05, 3.63) is 10.7 Å². The summed E-state index contributed by atoms with van der Waals surface area (Å²) in [6.07, 6.45) is 1.32. The lowest BCUT2D eigenvalue weighted by molar-refractivity contribution is 0.251. The molecular formula is C4H3BrN3O. The van der Waals surface area contributed by atoms with Crippen LogP contribution < -0.4 is 11.1 Å². The molecule has 0 atom stereocenters. The third kappa shape index (κ3) is 1.29. The summed E-state index contributed by atoms with van der Waals surface area (Å²) in [4.78, 5) is 13.7. The molecule has 0 bridgehead atoms. The minimum atomic E-state index is -0.560. The molecule has 0 aliphatic carbocycles. The molecule has 5 heteroatoms. The highest BCUT2D eigenvalue weighted by Gasteiger charge is 2.09. The molecule has 2 N–H and O–H groups in total. The maximum Gasteiger partial charge on any atom is 0.369 e. The molecule has 9 heavy (non-hydrogen) atoms.